The summed E-state index contributed by atoms with van der Waals surface area (Å²) in [6, 6.07) is 1.66. The number of H-pyrrole nitrogens is 2. The van der Waals surface area contributed by atoms with Gasteiger partial charge >= 0.3 is 5.69 Å². The zero-order valence-corrected chi connectivity index (χ0v) is 13.5. The number of nitrogens with one attached hydrogen (secondary N) is 2. The van der Waals surface area contributed by atoms with E-state index in [9.17, 15) is 19.8 Å². The molecule has 6 N–H and O–H groups in total. The maximum absolute atomic E-state index is 13.0. The molecule has 3 aromatic heterocycles. The molecule has 1 aliphatic rings. The first-order chi connectivity index (χ1) is 12.5. The molecule has 3 atom stereocenters. The monoisotopic (exact) mass is 363 g/mol. The summed E-state index contributed by atoms with van der Waals surface area (Å²) >= 11 is 0. The number of nitrogens with two attached hydrogens (primary N) is 1. The number of nitrogen functional groups attached to an aromatic ring is 1. The van der Waals surface area contributed by atoms with Gasteiger partial charge in [-0.1, -0.05) is 0 Å². The van der Waals surface area contributed by atoms with Crippen LogP contribution in [0.15, 0.2) is 21.9 Å². The lowest BCUT2D eigenvalue weighted by Crippen LogP contribution is -2.32. The first-order valence-electron chi connectivity index (χ1n) is 7.92. The number of ether oxygens (including phenoxy) is 1. The van der Waals surface area contributed by atoms with Crippen LogP contribution >= 0.6 is 0 Å². The van der Waals surface area contributed by atoms with Crippen molar-refractivity contribution >= 4 is 17.1 Å². The quantitative estimate of drug-likeness (QED) is 0.349. The molecule has 1 aliphatic heterocycles. The Balaban J connectivity index is 1.94. The van der Waals surface area contributed by atoms with Gasteiger partial charge in [0.15, 0.2) is 17.4 Å². The minimum Gasteiger partial charge on any atom is -0.394 e. The summed E-state index contributed by atoms with van der Waals surface area (Å²) in [7, 11) is 0. The van der Waals surface area contributed by atoms with Crippen LogP contribution < -0.4 is 17.0 Å². The van der Waals surface area contributed by atoms with Gasteiger partial charge < -0.3 is 20.7 Å². The Morgan fingerprint density at radius 1 is 1.42 bits per heavy atom. The van der Waals surface area contributed by atoms with Gasteiger partial charge in [-0.05, 0) is 6.07 Å². The van der Waals surface area contributed by atoms with Crippen LogP contribution in [0.5, 0.6) is 0 Å². The summed E-state index contributed by atoms with van der Waals surface area (Å²) in [5.74, 6) is -0.166. The number of aliphatic hydroxyl groups excluding tert-OH is 2. The topological polar surface area (TPSA) is 177 Å². The molecule has 0 amide bonds. The van der Waals surface area contributed by atoms with Crippen molar-refractivity contribution in [3.8, 4) is 0 Å². The van der Waals surface area contributed by atoms with Crippen LogP contribution in [-0.4, -0.2) is 58.3 Å². The fourth-order valence-corrected chi connectivity index (χ4v) is 3.20. The van der Waals surface area contributed by atoms with Gasteiger partial charge in [-0.2, -0.15) is 10.1 Å². The van der Waals surface area contributed by atoms with E-state index >= 15 is 0 Å². The number of imidazole rings is 1. The highest BCUT2D eigenvalue weighted by Gasteiger charge is 2.38. The Hall–Kier alpha value is -2.96. The summed E-state index contributed by atoms with van der Waals surface area (Å²) in [5.41, 5.74) is 5.04. The highest BCUT2D eigenvalue weighted by atomic mass is 16.5. The van der Waals surface area contributed by atoms with Gasteiger partial charge in [-0.15, -0.1) is 0 Å². The van der Waals surface area contributed by atoms with Crippen LogP contribution in [0.25, 0.3) is 11.2 Å². The number of anilines is 1. The van der Waals surface area contributed by atoms with E-state index < -0.39 is 29.7 Å². The second-order valence-corrected chi connectivity index (χ2v) is 6.08. The molecule has 0 spiro atoms. The Morgan fingerprint density at radius 2 is 2.23 bits per heavy atom. The van der Waals surface area contributed by atoms with Crippen molar-refractivity contribution < 1.29 is 14.9 Å². The van der Waals surface area contributed by atoms with Crippen molar-refractivity contribution in [3.05, 3.63) is 38.8 Å². The minimum absolute atomic E-state index is 0.00148. The number of nitrogens with zero attached hydrogens (tertiary/aromatic N) is 4. The van der Waals surface area contributed by atoms with Gasteiger partial charge in [0.25, 0.3) is 5.56 Å². The summed E-state index contributed by atoms with van der Waals surface area (Å²) in [6.07, 6.45) is -1.07. The summed E-state index contributed by atoms with van der Waals surface area (Å²) in [4.78, 5) is 31.9. The predicted octanol–water partition coefficient (Wildman–Crippen LogP) is -2.12. The second kappa shape index (κ2) is 6.09. The van der Waals surface area contributed by atoms with E-state index in [-0.39, 0.29) is 36.7 Å². The number of aliphatic hydroxyl groups is 2. The molecule has 1 saturated heterocycles. The van der Waals surface area contributed by atoms with Gasteiger partial charge in [0.1, 0.15) is 6.10 Å². The molecule has 12 nitrogen and oxygen atoms in total. The smallest absolute Gasteiger partial charge is 0.333 e. The molecule has 0 aromatic carbocycles. The molecule has 4 rings (SSSR count). The van der Waals surface area contributed by atoms with E-state index in [0.29, 0.717) is 5.69 Å². The highest BCUT2D eigenvalue weighted by molar-refractivity contribution is 5.72. The van der Waals surface area contributed by atoms with E-state index in [4.69, 9.17) is 10.5 Å². The third-order valence-electron chi connectivity index (χ3n) is 4.34. The number of rotatable bonds is 4. The lowest BCUT2D eigenvalue weighted by molar-refractivity contribution is -0.0505. The molecular formula is C14H17N7O5. The maximum Gasteiger partial charge on any atom is 0.333 e. The number of hydrogen-bond donors (Lipinski definition) is 5. The molecule has 26 heavy (non-hydrogen) atoms. The largest absolute Gasteiger partial charge is 0.394 e. The Morgan fingerprint density at radius 3 is 2.88 bits per heavy atom. The van der Waals surface area contributed by atoms with Crippen LogP contribution in [0.3, 0.4) is 0 Å². The Bertz CT molecular complexity index is 1050. The van der Waals surface area contributed by atoms with Crippen molar-refractivity contribution in [3.63, 3.8) is 0 Å². The van der Waals surface area contributed by atoms with Gasteiger partial charge in [0, 0.05) is 12.6 Å². The highest BCUT2D eigenvalue weighted by Crippen LogP contribution is 2.29. The SMILES string of the molecule is Nc1nc2c(c(=O)[nH]1)n(Cc1ccn[nH]1)c(=O)n2[C@@H]1O[C@H](CO)C[C@H]1O. The third kappa shape index (κ3) is 2.51. The summed E-state index contributed by atoms with van der Waals surface area (Å²) in [5, 5.41) is 26.1. The fraction of sp³-hybridized carbons (Fsp3) is 0.429. The lowest BCUT2D eigenvalue weighted by Gasteiger charge is -2.15. The van der Waals surface area contributed by atoms with Crippen LogP contribution in [0.2, 0.25) is 0 Å². The van der Waals surface area contributed by atoms with Crippen LogP contribution in [0, 0.1) is 0 Å². The number of fused-ring (bicyclic) bond motifs is 1. The number of hydrogen-bond acceptors (Lipinski definition) is 8. The van der Waals surface area contributed by atoms with E-state index in [1.807, 2.05) is 0 Å². The van der Waals surface area contributed by atoms with Crippen molar-refractivity contribution in [1.82, 2.24) is 29.3 Å². The van der Waals surface area contributed by atoms with E-state index in [2.05, 4.69) is 20.2 Å². The standard InChI is InChI=1S/C14H17N7O5/c15-13-17-10-9(11(24)18-13)20(4-6-1-2-16-19-6)14(25)21(10)12-8(23)3-7(5-22)26-12/h1-2,7-8,12,22-23H,3-5H2,(H,16,19)(H3,15,17,18,24)/t7-,8+,12+/m0/s1. The first kappa shape index (κ1) is 16.5. The molecule has 4 heterocycles. The van der Waals surface area contributed by atoms with Gasteiger partial charge in [0.05, 0.1) is 24.9 Å². The van der Waals surface area contributed by atoms with Crippen LogP contribution in [0.4, 0.5) is 5.95 Å². The lowest BCUT2D eigenvalue weighted by atomic mass is 10.2. The molecule has 0 aliphatic carbocycles. The van der Waals surface area contributed by atoms with E-state index in [0.717, 1.165) is 4.57 Å². The predicted molar refractivity (Wildman–Crippen MR) is 88.3 cm³/mol. The molecule has 1 fully saturated rings. The summed E-state index contributed by atoms with van der Waals surface area (Å²) < 4.78 is 7.86. The Kier molecular flexibility index (Phi) is 3.86. The summed E-state index contributed by atoms with van der Waals surface area (Å²) in [6.45, 7) is -0.255. The van der Waals surface area contributed by atoms with E-state index in [1.54, 1.807) is 6.07 Å². The van der Waals surface area contributed by atoms with Gasteiger partial charge in [0.2, 0.25) is 5.95 Å². The molecule has 138 valence electrons. The fourth-order valence-electron chi connectivity index (χ4n) is 3.20. The normalized spacial score (nSPS) is 23.1. The molecule has 3 aromatic rings. The molecular weight excluding hydrogens is 346 g/mol. The minimum atomic E-state index is -1.08. The zero-order valence-electron chi connectivity index (χ0n) is 13.5. The molecule has 12 heteroatoms. The maximum atomic E-state index is 13.0. The number of aromatic amines is 2. The average Bonchev–Trinajstić information content (AvgIpc) is 3.28. The van der Waals surface area contributed by atoms with Crippen LogP contribution in [0.1, 0.15) is 18.3 Å². The van der Waals surface area contributed by atoms with Crippen molar-refractivity contribution in [2.45, 2.75) is 31.4 Å². The Labute approximate surface area is 144 Å². The molecule has 0 saturated carbocycles. The first-order valence-corrected chi connectivity index (χ1v) is 7.92. The van der Waals surface area contributed by atoms with Crippen molar-refractivity contribution in [2.24, 2.45) is 0 Å². The molecule has 0 bridgehead atoms. The average molecular weight is 363 g/mol. The van der Waals surface area contributed by atoms with Crippen LogP contribution in [-0.2, 0) is 11.3 Å². The number of aromatic nitrogens is 6. The van der Waals surface area contributed by atoms with Crippen molar-refractivity contribution in [2.75, 3.05) is 12.3 Å². The van der Waals surface area contributed by atoms with Gasteiger partial charge in [-0.25, -0.2) is 9.36 Å². The molecule has 0 radical (unpaired) electrons. The second-order valence-electron chi connectivity index (χ2n) is 6.08. The van der Waals surface area contributed by atoms with Crippen molar-refractivity contribution in [1.29, 1.82) is 0 Å². The third-order valence-corrected chi connectivity index (χ3v) is 4.34. The zero-order chi connectivity index (χ0) is 18.4. The van der Waals surface area contributed by atoms with Gasteiger partial charge in [-0.3, -0.25) is 19.4 Å². The molecule has 0 unspecified atom stereocenters. The van der Waals surface area contributed by atoms with E-state index in [1.165, 1.54) is 10.8 Å².